The summed E-state index contributed by atoms with van der Waals surface area (Å²) in [6.45, 7) is 0.558. The van der Waals surface area contributed by atoms with Crippen molar-refractivity contribution in [1.82, 2.24) is 15.3 Å². The van der Waals surface area contributed by atoms with E-state index in [4.69, 9.17) is 0 Å². The second kappa shape index (κ2) is 6.84. The number of hydrogen-bond donors (Lipinski definition) is 2. The van der Waals surface area contributed by atoms with Crippen molar-refractivity contribution in [2.24, 2.45) is 0 Å². The lowest BCUT2D eigenvalue weighted by Gasteiger charge is -2.06. The Labute approximate surface area is 119 Å². The maximum absolute atomic E-state index is 11.6. The molecule has 1 aromatic carbocycles. The van der Waals surface area contributed by atoms with Crippen LogP contribution in [0.1, 0.15) is 5.56 Å². The third-order valence-electron chi connectivity index (χ3n) is 2.39. The van der Waals surface area contributed by atoms with Crippen LogP contribution in [-0.2, 0) is 6.42 Å². The Balaban J connectivity index is 1.75. The molecule has 0 spiro atoms. The maximum Gasteiger partial charge on any atom is 0.320 e. The van der Waals surface area contributed by atoms with Gasteiger partial charge in [0, 0.05) is 23.4 Å². The van der Waals surface area contributed by atoms with E-state index >= 15 is 0 Å². The van der Waals surface area contributed by atoms with Gasteiger partial charge in [-0.25, -0.2) is 9.78 Å². The van der Waals surface area contributed by atoms with Gasteiger partial charge in [0.1, 0.15) is 0 Å². The molecule has 2 N–H and O–H groups in total. The minimum absolute atomic E-state index is 0.282. The molecule has 2 aromatic rings. The van der Waals surface area contributed by atoms with Crippen LogP contribution < -0.4 is 10.6 Å². The number of nitrogens with zero attached hydrogens (tertiary/aromatic N) is 2. The fraction of sp³-hybridized carbons (Fsp3) is 0.154. The molecular weight excluding hydrogens is 308 g/mol. The van der Waals surface area contributed by atoms with Crippen molar-refractivity contribution in [3.05, 3.63) is 52.9 Å². The van der Waals surface area contributed by atoms with Crippen LogP contribution in [0, 0.1) is 0 Å². The van der Waals surface area contributed by atoms with Gasteiger partial charge in [0.25, 0.3) is 0 Å². The molecule has 0 aliphatic heterocycles. The number of carbonyl (C=O) groups is 1. The topological polar surface area (TPSA) is 66.9 Å². The number of nitrogens with one attached hydrogen (secondary N) is 2. The number of benzene rings is 1. The van der Waals surface area contributed by atoms with Crippen LogP contribution in [-0.4, -0.2) is 22.5 Å². The lowest BCUT2D eigenvalue weighted by atomic mass is 10.1. The van der Waals surface area contributed by atoms with Crippen LogP contribution in [0.4, 0.5) is 10.6 Å². The molecule has 2 amide bonds. The molecule has 98 valence electrons. The number of urea groups is 1. The minimum Gasteiger partial charge on any atom is -0.337 e. The summed E-state index contributed by atoms with van der Waals surface area (Å²) >= 11 is 3.41. The van der Waals surface area contributed by atoms with Crippen molar-refractivity contribution < 1.29 is 4.79 Å². The van der Waals surface area contributed by atoms with Crippen molar-refractivity contribution in [3.63, 3.8) is 0 Å². The van der Waals surface area contributed by atoms with Crippen molar-refractivity contribution in [1.29, 1.82) is 0 Å². The molecule has 0 bridgehead atoms. The molecule has 0 aliphatic rings. The molecule has 0 saturated heterocycles. The predicted molar refractivity (Wildman–Crippen MR) is 76.9 cm³/mol. The molecule has 0 aliphatic carbocycles. The zero-order chi connectivity index (χ0) is 13.5. The van der Waals surface area contributed by atoms with Crippen LogP contribution in [0.25, 0.3) is 0 Å². The Kier molecular flexibility index (Phi) is 4.85. The largest absolute Gasteiger partial charge is 0.337 e. The van der Waals surface area contributed by atoms with E-state index in [9.17, 15) is 4.79 Å². The molecule has 1 aromatic heterocycles. The van der Waals surface area contributed by atoms with E-state index in [0.29, 0.717) is 12.4 Å². The van der Waals surface area contributed by atoms with Crippen molar-refractivity contribution >= 4 is 27.8 Å². The average molecular weight is 321 g/mol. The fourth-order valence-electron chi connectivity index (χ4n) is 1.54. The van der Waals surface area contributed by atoms with Crippen molar-refractivity contribution in [3.8, 4) is 0 Å². The first-order valence-corrected chi connectivity index (χ1v) is 6.58. The van der Waals surface area contributed by atoms with Gasteiger partial charge >= 0.3 is 6.03 Å². The fourth-order valence-corrected chi connectivity index (χ4v) is 1.98. The van der Waals surface area contributed by atoms with Crippen LogP contribution in [0.2, 0.25) is 0 Å². The molecular formula is C13H13BrN4O. The van der Waals surface area contributed by atoms with E-state index in [2.05, 4.69) is 36.5 Å². The highest BCUT2D eigenvalue weighted by Crippen LogP contribution is 2.11. The molecule has 1 heterocycles. The zero-order valence-corrected chi connectivity index (χ0v) is 11.7. The standard InChI is InChI=1S/C13H13BrN4O/c14-11-3-1-2-10(8-11)4-5-17-13(19)18-12-9-15-6-7-16-12/h1-3,6-9H,4-5H2,(H2,16,17,18,19). The van der Waals surface area contributed by atoms with Gasteiger partial charge in [0.2, 0.25) is 0 Å². The highest BCUT2D eigenvalue weighted by atomic mass is 79.9. The average Bonchev–Trinajstić information content (AvgIpc) is 2.40. The van der Waals surface area contributed by atoms with Gasteiger partial charge in [0.15, 0.2) is 5.82 Å². The first-order chi connectivity index (χ1) is 9.24. The molecule has 6 heteroatoms. The quantitative estimate of drug-likeness (QED) is 0.910. The molecule has 2 rings (SSSR count). The minimum atomic E-state index is -0.282. The summed E-state index contributed by atoms with van der Waals surface area (Å²) in [5.41, 5.74) is 1.16. The van der Waals surface area contributed by atoms with E-state index in [0.717, 1.165) is 16.5 Å². The number of rotatable bonds is 4. The Morgan fingerprint density at radius 3 is 2.95 bits per heavy atom. The number of carbonyl (C=O) groups excluding carboxylic acids is 1. The second-order valence-electron chi connectivity index (χ2n) is 3.85. The van der Waals surface area contributed by atoms with Gasteiger partial charge in [-0.1, -0.05) is 28.1 Å². The molecule has 5 nitrogen and oxygen atoms in total. The van der Waals surface area contributed by atoms with E-state index in [1.807, 2.05) is 24.3 Å². The normalized spacial score (nSPS) is 9.95. The summed E-state index contributed by atoms with van der Waals surface area (Å²) in [4.78, 5) is 19.4. The molecule has 0 fully saturated rings. The van der Waals surface area contributed by atoms with Gasteiger partial charge in [-0.15, -0.1) is 0 Å². The summed E-state index contributed by atoms with van der Waals surface area (Å²) in [5.74, 6) is 0.433. The van der Waals surface area contributed by atoms with Gasteiger partial charge in [0.05, 0.1) is 6.20 Å². The van der Waals surface area contributed by atoms with Crippen LogP contribution in [0.15, 0.2) is 47.3 Å². The predicted octanol–water partition coefficient (Wildman–Crippen LogP) is 2.60. The maximum atomic E-state index is 11.6. The smallest absolute Gasteiger partial charge is 0.320 e. The number of halogens is 1. The molecule has 19 heavy (non-hydrogen) atoms. The Morgan fingerprint density at radius 1 is 1.32 bits per heavy atom. The molecule has 0 radical (unpaired) electrons. The first-order valence-electron chi connectivity index (χ1n) is 5.79. The van der Waals surface area contributed by atoms with Gasteiger partial charge < -0.3 is 5.32 Å². The zero-order valence-electron chi connectivity index (χ0n) is 10.1. The third kappa shape index (κ3) is 4.67. The van der Waals surface area contributed by atoms with Crippen molar-refractivity contribution in [2.75, 3.05) is 11.9 Å². The highest BCUT2D eigenvalue weighted by molar-refractivity contribution is 9.10. The lowest BCUT2D eigenvalue weighted by molar-refractivity contribution is 0.252. The number of amides is 2. The summed E-state index contributed by atoms with van der Waals surface area (Å²) in [5, 5.41) is 5.37. The van der Waals surface area contributed by atoms with Gasteiger partial charge in [-0.05, 0) is 24.1 Å². The molecule has 0 unspecified atom stereocenters. The highest BCUT2D eigenvalue weighted by Gasteiger charge is 2.01. The Bertz CT molecular complexity index is 547. The van der Waals surface area contributed by atoms with Gasteiger partial charge in [-0.2, -0.15) is 0 Å². The Morgan fingerprint density at radius 2 is 2.21 bits per heavy atom. The number of hydrogen-bond acceptors (Lipinski definition) is 3. The molecule has 0 saturated carbocycles. The van der Waals surface area contributed by atoms with Crippen LogP contribution >= 0.6 is 15.9 Å². The van der Waals surface area contributed by atoms with Crippen molar-refractivity contribution in [2.45, 2.75) is 6.42 Å². The third-order valence-corrected chi connectivity index (χ3v) is 2.89. The second-order valence-corrected chi connectivity index (χ2v) is 4.77. The van der Waals surface area contributed by atoms with E-state index in [1.54, 1.807) is 6.20 Å². The number of aromatic nitrogens is 2. The lowest BCUT2D eigenvalue weighted by Crippen LogP contribution is -2.30. The van der Waals surface area contributed by atoms with Crippen LogP contribution in [0.3, 0.4) is 0 Å². The van der Waals surface area contributed by atoms with Gasteiger partial charge in [-0.3, -0.25) is 10.3 Å². The van der Waals surface area contributed by atoms with E-state index in [-0.39, 0.29) is 6.03 Å². The summed E-state index contributed by atoms with van der Waals surface area (Å²) in [6, 6.07) is 7.71. The van der Waals surface area contributed by atoms with E-state index < -0.39 is 0 Å². The SMILES string of the molecule is O=C(NCCc1cccc(Br)c1)Nc1cnccn1. The molecule has 0 atom stereocenters. The monoisotopic (exact) mass is 320 g/mol. The number of anilines is 1. The van der Waals surface area contributed by atoms with E-state index in [1.165, 1.54) is 12.4 Å². The Hall–Kier alpha value is -1.95. The van der Waals surface area contributed by atoms with Crippen LogP contribution in [0.5, 0.6) is 0 Å². The summed E-state index contributed by atoms with van der Waals surface area (Å²) in [6.07, 6.45) is 5.34. The summed E-state index contributed by atoms with van der Waals surface area (Å²) < 4.78 is 1.04. The first kappa shape index (κ1) is 13.5. The summed E-state index contributed by atoms with van der Waals surface area (Å²) in [7, 11) is 0.